The fraction of sp³-hybridized carbons (Fsp3) is 0.316. The van der Waals surface area contributed by atoms with Gasteiger partial charge in [-0.1, -0.05) is 26.0 Å². The third kappa shape index (κ3) is 3.14. The van der Waals surface area contributed by atoms with Crippen LogP contribution in [0.3, 0.4) is 0 Å². The molecule has 5 nitrogen and oxygen atoms in total. The van der Waals surface area contributed by atoms with Gasteiger partial charge in [-0.05, 0) is 30.5 Å². The van der Waals surface area contributed by atoms with E-state index in [1.807, 2.05) is 12.3 Å². The maximum Gasteiger partial charge on any atom is 0.326 e. The van der Waals surface area contributed by atoms with Crippen LogP contribution in [0.25, 0.3) is 21.3 Å². The summed E-state index contributed by atoms with van der Waals surface area (Å²) < 4.78 is 14.5. The van der Waals surface area contributed by atoms with E-state index in [4.69, 9.17) is 0 Å². The molecule has 3 rings (SSSR count). The monoisotopic (exact) mass is 374 g/mol. The van der Waals surface area contributed by atoms with Crippen LogP contribution in [0.1, 0.15) is 38.6 Å². The Hall–Kier alpha value is -2.54. The Bertz CT molecular complexity index is 1010. The second-order valence-corrected chi connectivity index (χ2v) is 6.91. The summed E-state index contributed by atoms with van der Waals surface area (Å²) in [6.07, 6.45) is 1.57. The topological polar surface area (TPSA) is 72.2 Å². The van der Waals surface area contributed by atoms with Crippen molar-refractivity contribution < 1.29 is 14.3 Å². The van der Waals surface area contributed by atoms with Crippen molar-refractivity contribution in [2.24, 2.45) is 0 Å². The number of hydrogen-bond acceptors (Lipinski definition) is 4. The molecule has 1 atom stereocenters. The number of rotatable bonds is 6. The number of aryl methyl sites for hydroxylation is 1. The summed E-state index contributed by atoms with van der Waals surface area (Å²) in [5.41, 5.74) is 1.00. The van der Waals surface area contributed by atoms with Crippen LogP contribution < -0.4 is 5.56 Å². The zero-order chi connectivity index (χ0) is 18.8. The van der Waals surface area contributed by atoms with Crippen molar-refractivity contribution in [3.05, 3.63) is 51.6 Å². The van der Waals surface area contributed by atoms with Crippen molar-refractivity contribution in [2.75, 3.05) is 0 Å². The number of benzene rings is 1. The molecule has 0 bridgehead atoms. The number of carboxylic acids is 1. The van der Waals surface area contributed by atoms with E-state index in [-0.39, 0.29) is 17.8 Å². The molecule has 0 aliphatic rings. The smallest absolute Gasteiger partial charge is 0.326 e. The maximum atomic E-state index is 13.2. The van der Waals surface area contributed by atoms with Crippen LogP contribution in [0.4, 0.5) is 4.39 Å². The van der Waals surface area contributed by atoms with Gasteiger partial charge in [-0.25, -0.2) is 14.2 Å². The number of aromatic nitrogens is 2. The number of fused-ring (bicyclic) bond motifs is 1. The summed E-state index contributed by atoms with van der Waals surface area (Å²) in [6, 6.07) is 4.93. The van der Waals surface area contributed by atoms with Crippen molar-refractivity contribution in [1.29, 1.82) is 0 Å². The van der Waals surface area contributed by atoms with Crippen molar-refractivity contribution in [3.8, 4) is 11.1 Å². The molecule has 0 radical (unpaired) electrons. The van der Waals surface area contributed by atoms with Crippen LogP contribution in [0.15, 0.2) is 34.4 Å². The highest BCUT2D eigenvalue weighted by Crippen LogP contribution is 2.32. The van der Waals surface area contributed by atoms with Crippen LogP contribution in [0.5, 0.6) is 0 Å². The van der Waals surface area contributed by atoms with Gasteiger partial charge >= 0.3 is 5.97 Å². The summed E-state index contributed by atoms with van der Waals surface area (Å²) in [4.78, 5) is 30.1. The highest BCUT2D eigenvalue weighted by Gasteiger charge is 2.25. The highest BCUT2D eigenvalue weighted by molar-refractivity contribution is 7.17. The van der Waals surface area contributed by atoms with Crippen molar-refractivity contribution in [2.45, 2.75) is 39.2 Å². The molecule has 0 aliphatic heterocycles. The van der Waals surface area contributed by atoms with Gasteiger partial charge in [0.25, 0.3) is 5.56 Å². The molecule has 0 saturated heterocycles. The van der Waals surface area contributed by atoms with Crippen LogP contribution >= 0.6 is 11.3 Å². The SMILES string of the molecule is CCCc1nc2scc(-c3ccc(F)cc3)c2c(=O)n1C(CC)C(=O)O. The first-order valence-electron chi connectivity index (χ1n) is 8.49. The fourth-order valence-corrected chi connectivity index (χ4v) is 4.03. The minimum Gasteiger partial charge on any atom is -0.480 e. The Labute approximate surface area is 153 Å². The molecule has 1 aromatic carbocycles. The van der Waals surface area contributed by atoms with Crippen LogP contribution in [-0.4, -0.2) is 20.6 Å². The lowest BCUT2D eigenvalue weighted by molar-refractivity contribution is -0.141. The van der Waals surface area contributed by atoms with Crippen molar-refractivity contribution >= 4 is 27.5 Å². The molecule has 7 heteroatoms. The predicted molar refractivity (Wildman–Crippen MR) is 100 cm³/mol. The molecular weight excluding hydrogens is 355 g/mol. The fourth-order valence-electron chi connectivity index (χ4n) is 3.08. The first-order valence-corrected chi connectivity index (χ1v) is 9.37. The summed E-state index contributed by atoms with van der Waals surface area (Å²) in [5.74, 6) is -0.913. The third-order valence-electron chi connectivity index (χ3n) is 4.33. The lowest BCUT2D eigenvalue weighted by atomic mass is 10.1. The summed E-state index contributed by atoms with van der Waals surface area (Å²) in [7, 11) is 0. The normalized spacial score (nSPS) is 12.4. The van der Waals surface area contributed by atoms with Crippen LogP contribution in [0.2, 0.25) is 0 Å². The summed E-state index contributed by atoms with van der Waals surface area (Å²) in [5, 5.41) is 11.8. The molecule has 1 N–H and O–H groups in total. The van der Waals surface area contributed by atoms with Gasteiger partial charge in [-0.3, -0.25) is 9.36 Å². The number of carbonyl (C=O) groups is 1. The molecular formula is C19H19FN2O3S. The summed E-state index contributed by atoms with van der Waals surface area (Å²) in [6.45, 7) is 3.69. The van der Waals surface area contributed by atoms with E-state index in [0.717, 1.165) is 6.42 Å². The van der Waals surface area contributed by atoms with Crippen LogP contribution in [0, 0.1) is 5.82 Å². The van der Waals surface area contributed by atoms with Gasteiger partial charge in [0, 0.05) is 17.4 Å². The van der Waals surface area contributed by atoms with E-state index >= 15 is 0 Å². The Morgan fingerprint density at radius 3 is 2.58 bits per heavy atom. The first kappa shape index (κ1) is 18.3. The highest BCUT2D eigenvalue weighted by atomic mass is 32.1. The zero-order valence-corrected chi connectivity index (χ0v) is 15.3. The number of halogens is 1. The van der Waals surface area contributed by atoms with Gasteiger partial charge in [0.2, 0.25) is 0 Å². The molecule has 26 heavy (non-hydrogen) atoms. The van der Waals surface area contributed by atoms with E-state index < -0.39 is 12.0 Å². The Morgan fingerprint density at radius 1 is 1.31 bits per heavy atom. The third-order valence-corrected chi connectivity index (χ3v) is 5.20. The van der Waals surface area contributed by atoms with E-state index in [1.165, 1.54) is 28.0 Å². The molecule has 0 saturated carbocycles. The molecule has 1 unspecified atom stereocenters. The molecule has 0 aliphatic carbocycles. The van der Waals surface area contributed by atoms with E-state index in [1.54, 1.807) is 19.1 Å². The lowest BCUT2D eigenvalue weighted by Gasteiger charge is -2.18. The molecule has 136 valence electrons. The molecule has 2 aromatic heterocycles. The van der Waals surface area contributed by atoms with Gasteiger partial charge in [-0.2, -0.15) is 0 Å². The molecule has 0 spiro atoms. The first-order chi connectivity index (χ1) is 12.5. The van der Waals surface area contributed by atoms with Gasteiger partial charge in [0.1, 0.15) is 22.5 Å². The Kier molecular flexibility index (Phi) is 5.18. The Balaban J connectivity index is 2.31. The minimum absolute atomic E-state index is 0.287. The van der Waals surface area contributed by atoms with Crippen molar-refractivity contribution in [1.82, 2.24) is 9.55 Å². The minimum atomic E-state index is -1.05. The van der Waals surface area contributed by atoms with Crippen molar-refractivity contribution in [3.63, 3.8) is 0 Å². The average molecular weight is 374 g/mol. The van der Waals surface area contributed by atoms with Gasteiger partial charge in [0.15, 0.2) is 0 Å². The quantitative estimate of drug-likeness (QED) is 0.700. The van der Waals surface area contributed by atoms with E-state index in [9.17, 15) is 19.1 Å². The number of hydrogen-bond donors (Lipinski definition) is 1. The second-order valence-electron chi connectivity index (χ2n) is 6.05. The van der Waals surface area contributed by atoms with E-state index in [0.29, 0.717) is 33.6 Å². The van der Waals surface area contributed by atoms with E-state index in [2.05, 4.69) is 4.98 Å². The van der Waals surface area contributed by atoms with Gasteiger partial charge in [-0.15, -0.1) is 11.3 Å². The number of nitrogens with zero attached hydrogens (tertiary/aromatic N) is 2. The van der Waals surface area contributed by atoms with Gasteiger partial charge in [0.05, 0.1) is 5.39 Å². The average Bonchev–Trinajstić information content (AvgIpc) is 3.03. The zero-order valence-electron chi connectivity index (χ0n) is 14.5. The lowest BCUT2D eigenvalue weighted by Crippen LogP contribution is -2.33. The summed E-state index contributed by atoms with van der Waals surface area (Å²) >= 11 is 1.34. The molecule has 3 aromatic rings. The molecule has 2 heterocycles. The Morgan fingerprint density at radius 2 is 2.00 bits per heavy atom. The largest absolute Gasteiger partial charge is 0.480 e. The predicted octanol–water partition coefficient (Wildman–Crippen LogP) is 4.25. The standard InChI is InChI=1S/C19H19FN2O3S/c1-3-5-15-21-17-16(18(23)22(15)14(4-2)19(24)25)13(10-26-17)11-6-8-12(20)9-7-11/h6-10,14H,3-5H2,1-2H3,(H,24,25). The number of aliphatic carboxylic acids is 1. The van der Waals surface area contributed by atoms with Gasteiger partial charge < -0.3 is 5.11 Å². The maximum absolute atomic E-state index is 13.2. The number of carboxylic acid groups (broad SMARTS) is 1. The molecule has 0 fully saturated rings. The molecule has 0 amide bonds. The van der Waals surface area contributed by atoms with Crippen LogP contribution in [-0.2, 0) is 11.2 Å². The number of thiophene rings is 1. The second kappa shape index (κ2) is 7.37.